The van der Waals surface area contributed by atoms with Crippen molar-refractivity contribution in [3.63, 3.8) is 0 Å². The number of hydrogen-bond donors (Lipinski definition) is 1. The van der Waals surface area contributed by atoms with Crippen LogP contribution < -0.4 is 0 Å². The van der Waals surface area contributed by atoms with E-state index in [9.17, 15) is 9.90 Å². The molecule has 0 fully saturated rings. The molecule has 0 saturated heterocycles. The maximum Gasteiger partial charge on any atom is 0.306 e. The lowest BCUT2D eigenvalue weighted by molar-refractivity contribution is -0.154. The number of carbonyl (C=O) groups excluding carboxylic acids is 1. The predicted octanol–water partition coefficient (Wildman–Crippen LogP) is 10.3. The molecule has 0 amide bonds. The Hall–Kier alpha value is -2.17. The normalized spacial score (nSPS) is 13.3. The molecule has 0 aromatic rings. The van der Waals surface area contributed by atoms with Crippen molar-refractivity contribution in [2.45, 2.75) is 136 Å². The molecule has 0 spiro atoms. The molecule has 1 atom stereocenters. The van der Waals surface area contributed by atoms with Crippen molar-refractivity contribution in [1.82, 2.24) is 0 Å². The quantitative estimate of drug-likeness (QED) is 0.0552. The average molecular weight is 571 g/mol. The molecule has 0 aliphatic heterocycles. The molecule has 0 aromatic heterocycles. The van der Waals surface area contributed by atoms with E-state index < -0.39 is 6.10 Å². The fraction of sp³-hybridized carbons (Fsp3) is 0.649. The Morgan fingerprint density at radius 1 is 0.610 bits per heavy atom. The molecule has 0 heterocycles. The van der Waals surface area contributed by atoms with Crippen LogP contribution in [0.15, 0.2) is 72.9 Å². The van der Waals surface area contributed by atoms with Crippen molar-refractivity contribution in [3.05, 3.63) is 72.9 Å². The van der Waals surface area contributed by atoms with E-state index >= 15 is 0 Å². The summed E-state index contributed by atoms with van der Waals surface area (Å²) < 4.78 is 11.0. The molecule has 41 heavy (non-hydrogen) atoms. The third-order valence-corrected chi connectivity index (χ3v) is 6.55. The first-order valence-corrected chi connectivity index (χ1v) is 16.5. The SMILES string of the molecule is CC/C=C\C/C=C\C/C=C\C/C=C\C/C=C\C/C=C\CCCCCOCC(CO)OC(=O)CCCCCCCCC. The van der Waals surface area contributed by atoms with Gasteiger partial charge in [0, 0.05) is 13.0 Å². The molecule has 0 aliphatic carbocycles. The van der Waals surface area contributed by atoms with Gasteiger partial charge in [-0.15, -0.1) is 0 Å². The molecule has 0 saturated carbocycles. The summed E-state index contributed by atoms with van der Waals surface area (Å²) >= 11 is 0. The lowest BCUT2D eigenvalue weighted by atomic mass is 10.1. The second kappa shape index (κ2) is 34.0. The Morgan fingerprint density at radius 2 is 1.10 bits per heavy atom. The Kier molecular flexibility index (Phi) is 32.2. The molecule has 0 aromatic carbocycles. The van der Waals surface area contributed by atoms with E-state index in [2.05, 4.69) is 86.8 Å². The third kappa shape index (κ3) is 32.2. The van der Waals surface area contributed by atoms with Gasteiger partial charge in [0.05, 0.1) is 13.2 Å². The minimum absolute atomic E-state index is 0.189. The maximum absolute atomic E-state index is 12.0. The zero-order valence-electron chi connectivity index (χ0n) is 26.5. The zero-order valence-corrected chi connectivity index (χ0v) is 26.5. The number of carbonyl (C=O) groups is 1. The highest BCUT2D eigenvalue weighted by Crippen LogP contribution is 2.10. The van der Waals surface area contributed by atoms with Gasteiger partial charge in [-0.2, -0.15) is 0 Å². The highest BCUT2D eigenvalue weighted by atomic mass is 16.6. The second-order valence-electron chi connectivity index (χ2n) is 10.5. The van der Waals surface area contributed by atoms with Gasteiger partial charge < -0.3 is 14.6 Å². The van der Waals surface area contributed by atoms with Crippen molar-refractivity contribution in [1.29, 1.82) is 0 Å². The number of esters is 1. The van der Waals surface area contributed by atoms with E-state index in [1.165, 1.54) is 32.1 Å². The van der Waals surface area contributed by atoms with E-state index in [-0.39, 0.29) is 19.2 Å². The van der Waals surface area contributed by atoms with Crippen molar-refractivity contribution in [3.8, 4) is 0 Å². The van der Waals surface area contributed by atoms with Gasteiger partial charge in [0.2, 0.25) is 0 Å². The molecule has 0 radical (unpaired) electrons. The number of aliphatic hydroxyl groups excluding tert-OH is 1. The fourth-order valence-corrected chi connectivity index (χ4v) is 4.09. The average Bonchev–Trinajstić information content (AvgIpc) is 2.98. The third-order valence-electron chi connectivity index (χ3n) is 6.55. The molecule has 1 unspecified atom stereocenters. The van der Waals surface area contributed by atoms with E-state index in [1.54, 1.807) is 0 Å². The van der Waals surface area contributed by atoms with Crippen molar-refractivity contribution in [2.75, 3.05) is 19.8 Å². The first kappa shape index (κ1) is 38.8. The molecule has 234 valence electrons. The first-order chi connectivity index (χ1) is 20.2. The summed E-state index contributed by atoms with van der Waals surface area (Å²) in [5, 5.41) is 9.47. The van der Waals surface area contributed by atoms with Crippen LogP contribution in [0.4, 0.5) is 0 Å². The topological polar surface area (TPSA) is 55.8 Å². The Labute approximate surface area is 253 Å². The van der Waals surface area contributed by atoms with Crippen LogP contribution in [0.5, 0.6) is 0 Å². The second-order valence-corrected chi connectivity index (χ2v) is 10.5. The monoisotopic (exact) mass is 570 g/mol. The van der Waals surface area contributed by atoms with E-state index in [0.717, 1.165) is 77.0 Å². The number of hydrogen-bond acceptors (Lipinski definition) is 4. The standard InChI is InChI=1S/C37H62O4/c1-3-5-7-9-11-12-13-14-15-16-17-18-19-20-21-22-23-24-25-27-29-31-33-40-35-36(34-38)41-37(39)32-30-28-26-10-8-6-4-2/h5,7,11-12,14-15,17-18,20-21,23-24,36,38H,3-4,6,8-10,13,16,19,22,25-35H2,1-2H3/b7-5-,12-11-,15-14-,18-17-,21-20-,24-23-. The number of unbranched alkanes of at least 4 members (excludes halogenated alkanes) is 9. The highest BCUT2D eigenvalue weighted by molar-refractivity contribution is 5.69. The van der Waals surface area contributed by atoms with Crippen LogP contribution in [-0.4, -0.2) is 37.0 Å². The van der Waals surface area contributed by atoms with Gasteiger partial charge in [0.25, 0.3) is 0 Å². The van der Waals surface area contributed by atoms with Crippen LogP contribution in [0, 0.1) is 0 Å². The van der Waals surface area contributed by atoms with Gasteiger partial charge >= 0.3 is 5.97 Å². The van der Waals surface area contributed by atoms with Crippen molar-refractivity contribution < 1.29 is 19.4 Å². The summed E-state index contributed by atoms with van der Waals surface area (Å²) in [7, 11) is 0. The summed E-state index contributed by atoms with van der Waals surface area (Å²) in [6.45, 7) is 5.09. The van der Waals surface area contributed by atoms with Gasteiger partial charge in [-0.1, -0.05) is 132 Å². The highest BCUT2D eigenvalue weighted by Gasteiger charge is 2.13. The van der Waals surface area contributed by atoms with E-state index in [4.69, 9.17) is 9.47 Å². The van der Waals surface area contributed by atoms with Crippen LogP contribution in [-0.2, 0) is 14.3 Å². The van der Waals surface area contributed by atoms with Crippen molar-refractivity contribution in [2.24, 2.45) is 0 Å². The van der Waals surface area contributed by atoms with Gasteiger partial charge in [-0.05, 0) is 64.2 Å². The molecule has 0 aliphatic rings. The predicted molar refractivity (Wildman–Crippen MR) is 177 cm³/mol. The van der Waals surface area contributed by atoms with Gasteiger partial charge in [-0.3, -0.25) is 4.79 Å². The zero-order chi connectivity index (χ0) is 29.9. The molecule has 0 rings (SSSR count). The van der Waals surface area contributed by atoms with E-state index in [1.807, 2.05) is 0 Å². The molecule has 4 nitrogen and oxygen atoms in total. The summed E-state index contributed by atoms with van der Waals surface area (Å²) in [4.78, 5) is 12.0. The minimum Gasteiger partial charge on any atom is -0.457 e. The first-order valence-electron chi connectivity index (χ1n) is 16.5. The summed E-state index contributed by atoms with van der Waals surface area (Å²) in [5.41, 5.74) is 0. The lowest BCUT2D eigenvalue weighted by Crippen LogP contribution is -2.27. The van der Waals surface area contributed by atoms with Crippen LogP contribution in [0.3, 0.4) is 0 Å². The fourth-order valence-electron chi connectivity index (χ4n) is 4.09. The number of rotatable bonds is 29. The Morgan fingerprint density at radius 3 is 1.63 bits per heavy atom. The number of aliphatic hydroxyl groups is 1. The van der Waals surface area contributed by atoms with Crippen LogP contribution in [0.1, 0.15) is 129 Å². The summed E-state index contributed by atoms with van der Waals surface area (Å²) in [6.07, 6.45) is 45.2. The minimum atomic E-state index is -0.550. The van der Waals surface area contributed by atoms with Crippen LogP contribution >= 0.6 is 0 Å². The molecular formula is C37H62O4. The Balaban J connectivity index is 3.58. The van der Waals surface area contributed by atoms with Crippen molar-refractivity contribution >= 4 is 5.97 Å². The summed E-state index contributed by atoms with van der Waals surface area (Å²) in [5.74, 6) is -0.224. The summed E-state index contributed by atoms with van der Waals surface area (Å²) in [6, 6.07) is 0. The van der Waals surface area contributed by atoms with Gasteiger partial charge in [0.1, 0.15) is 6.10 Å². The number of allylic oxidation sites excluding steroid dienone is 12. The van der Waals surface area contributed by atoms with E-state index in [0.29, 0.717) is 13.0 Å². The molecule has 4 heteroatoms. The lowest BCUT2D eigenvalue weighted by Gasteiger charge is -2.15. The Bertz CT molecular complexity index is 729. The largest absolute Gasteiger partial charge is 0.457 e. The molecular weight excluding hydrogens is 508 g/mol. The maximum atomic E-state index is 12.0. The van der Waals surface area contributed by atoms with Gasteiger partial charge in [0.15, 0.2) is 0 Å². The van der Waals surface area contributed by atoms with Gasteiger partial charge in [-0.25, -0.2) is 0 Å². The van der Waals surface area contributed by atoms with Crippen LogP contribution in [0.25, 0.3) is 0 Å². The molecule has 1 N–H and O–H groups in total. The number of ether oxygens (including phenoxy) is 2. The van der Waals surface area contributed by atoms with Crippen LogP contribution in [0.2, 0.25) is 0 Å². The molecule has 0 bridgehead atoms. The smallest absolute Gasteiger partial charge is 0.306 e.